The second-order valence-corrected chi connectivity index (χ2v) is 1.79. The van der Waals surface area contributed by atoms with Crippen LogP contribution in [0.2, 0.25) is 0 Å². The van der Waals surface area contributed by atoms with Crippen molar-refractivity contribution in [3.8, 4) is 11.5 Å². The third kappa shape index (κ3) is 1.36. The van der Waals surface area contributed by atoms with Gasteiger partial charge >= 0.3 is 0 Å². The van der Waals surface area contributed by atoms with Crippen molar-refractivity contribution in [2.24, 2.45) is 0 Å². The molecule has 1 aromatic heterocycles. The van der Waals surface area contributed by atoms with E-state index in [0.29, 0.717) is 0 Å². The molecule has 0 saturated heterocycles. The zero-order valence-electron chi connectivity index (χ0n) is 5.64. The lowest BCUT2D eigenvalue weighted by Crippen LogP contribution is -1.92. The van der Waals surface area contributed by atoms with Crippen LogP contribution in [0.4, 0.5) is 8.78 Å². The highest BCUT2D eigenvalue weighted by Gasteiger charge is 2.10. The monoisotopic (exact) mass is 161 g/mol. The summed E-state index contributed by atoms with van der Waals surface area (Å²) in [5.74, 6) is -3.36. The van der Waals surface area contributed by atoms with Gasteiger partial charge in [0.25, 0.3) is 5.95 Å². The molecule has 0 fully saturated rings. The molecule has 1 aromatic rings. The molecule has 0 aromatic carbocycles. The second-order valence-electron chi connectivity index (χ2n) is 1.79. The molecule has 0 aliphatic rings. The lowest BCUT2D eigenvalue weighted by Gasteiger charge is -2.01. The molecule has 1 heterocycles. The van der Waals surface area contributed by atoms with E-state index < -0.39 is 17.6 Å². The molecule has 11 heavy (non-hydrogen) atoms. The second kappa shape index (κ2) is 2.69. The third-order valence-corrected chi connectivity index (χ3v) is 1.10. The largest absolute Gasteiger partial charge is 0.501 e. The van der Waals surface area contributed by atoms with Gasteiger partial charge in [0, 0.05) is 6.07 Å². The molecule has 0 unspecified atom stereocenters. The van der Waals surface area contributed by atoms with Crippen LogP contribution in [0.15, 0.2) is 6.07 Å². The summed E-state index contributed by atoms with van der Waals surface area (Å²) in [5.41, 5.74) is 0. The summed E-state index contributed by atoms with van der Waals surface area (Å²) in [4.78, 5) is 2.72. The number of aromatic hydroxyl groups is 1. The standard InChI is InChI=1S/C6H5F2NO2/c1-11-3-2-4(7)9-6(8)5(3)10/h2,10H,1H3. The molecule has 60 valence electrons. The average Bonchev–Trinajstić information content (AvgIpc) is 1.96. The first-order valence-electron chi connectivity index (χ1n) is 2.74. The Kier molecular flexibility index (Phi) is 1.89. The van der Waals surface area contributed by atoms with E-state index >= 15 is 0 Å². The SMILES string of the molecule is COc1cc(F)nc(F)c1O. The van der Waals surface area contributed by atoms with E-state index in [1.807, 2.05) is 0 Å². The van der Waals surface area contributed by atoms with E-state index in [0.717, 1.165) is 6.07 Å². The molecule has 0 radical (unpaired) electrons. The van der Waals surface area contributed by atoms with E-state index in [1.54, 1.807) is 0 Å². The molecule has 0 atom stereocenters. The number of hydrogen-bond donors (Lipinski definition) is 1. The van der Waals surface area contributed by atoms with Gasteiger partial charge < -0.3 is 9.84 Å². The van der Waals surface area contributed by atoms with Crippen molar-refractivity contribution in [2.75, 3.05) is 7.11 Å². The fourth-order valence-electron chi connectivity index (χ4n) is 0.613. The van der Waals surface area contributed by atoms with Gasteiger partial charge in [0.05, 0.1) is 7.11 Å². The van der Waals surface area contributed by atoms with Gasteiger partial charge in [-0.2, -0.15) is 13.8 Å². The summed E-state index contributed by atoms with van der Waals surface area (Å²) in [6, 6.07) is 0.790. The molecule has 5 heteroatoms. The Morgan fingerprint density at radius 3 is 2.73 bits per heavy atom. The minimum absolute atomic E-state index is 0.269. The number of rotatable bonds is 1. The normalized spacial score (nSPS) is 9.73. The van der Waals surface area contributed by atoms with Gasteiger partial charge in [0.2, 0.25) is 11.7 Å². The number of pyridine rings is 1. The van der Waals surface area contributed by atoms with Crippen molar-refractivity contribution in [1.29, 1.82) is 0 Å². The quantitative estimate of drug-likeness (QED) is 0.626. The first-order chi connectivity index (χ1) is 5.15. The van der Waals surface area contributed by atoms with Crippen molar-refractivity contribution in [3.63, 3.8) is 0 Å². The van der Waals surface area contributed by atoms with Crippen molar-refractivity contribution in [2.45, 2.75) is 0 Å². The van der Waals surface area contributed by atoms with Crippen LogP contribution in [0, 0.1) is 11.9 Å². The predicted octanol–water partition coefficient (Wildman–Crippen LogP) is 1.07. The predicted molar refractivity (Wildman–Crippen MR) is 32.4 cm³/mol. The van der Waals surface area contributed by atoms with Gasteiger partial charge in [-0.15, -0.1) is 0 Å². The molecule has 3 nitrogen and oxygen atoms in total. The van der Waals surface area contributed by atoms with Crippen molar-refractivity contribution >= 4 is 0 Å². The highest BCUT2D eigenvalue weighted by molar-refractivity contribution is 5.36. The molecule has 0 aliphatic heterocycles. The molecule has 1 rings (SSSR count). The summed E-state index contributed by atoms with van der Waals surface area (Å²) < 4.78 is 29.0. The van der Waals surface area contributed by atoms with Gasteiger partial charge in [-0.1, -0.05) is 0 Å². The van der Waals surface area contributed by atoms with Crippen molar-refractivity contribution in [1.82, 2.24) is 4.98 Å². The van der Waals surface area contributed by atoms with Gasteiger partial charge in [0.1, 0.15) is 0 Å². The van der Waals surface area contributed by atoms with E-state index in [1.165, 1.54) is 7.11 Å². The summed E-state index contributed by atoms with van der Waals surface area (Å²) in [6.45, 7) is 0. The Labute approximate surface area is 61.3 Å². The smallest absolute Gasteiger partial charge is 0.261 e. The Morgan fingerprint density at radius 2 is 2.18 bits per heavy atom. The maximum Gasteiger partial charge on any atom is 0.261 e. The summed E-state index contributed by atoms with van der Waals surface area (Å²) in [6.07, 6.45) is 0. The van der Waals surface area contributed by atoms with E-state index in [2.05, 4.69) is 9.72 Å². The Hall–Kier alpha value is -1.39. The number of ether oxygens (including phenoxy) is 1. The highest BCUT2D eigenvalue weighted by atomic mass is 19.1. The molecule has 0 aliphatic carbocycles. The maximum absolute atomic E-state index is 12.3. The highest BCUT2D eigenvalue weighted by Crippen LogP contribution is 2.27. The topological polar surface area (TPSA) is 42.4 Å². The fourth-order valence-corrected chi connectivity index (χ4v) is 0.613. The third-order valence-electron chi connectivity index (χ3n) is 1.10. The number of hydrogen-bond acceptors (Lipinski definition) is 3. The van der Waals surface area contributed by atoms with Gasteiger partial charge in [-0.25, -0.2) is 0 Å². The van der Waals surface area contributed by atoms with Gasteiger partial charge in [0.15, 0.2) is 5.75 Å². The summed E-state index contributed by atoms with van der Waals surface area (Å²) in [5, 5.41) is 8.79. The Bertz CT molecular complexity index is 278. The van der Waals surface area contributed by atoms with Crippen LogP contribution in [0.1, 0.15) is 0 Å². The minimum Gasteiger partial charge on any atom is -0.501 e. The van der Waals surface area contributed by atoms with Crippen LogP contribution in [0.3, 0.4) is 0 Å². The molecule has 1 N–H and O–H groups in total. The lowest BCUT2D eigenvalue weighted by atomic mass is 10.4. The van der Waals surface area contributed by atoms with E-state index in [-0.39, 0.29) is 5.75 Å². The molecular formula is C6H5F2NO2. The molecule has 0 amide bonds. The maximum atomic E-state index is 12.3. The molecule has 0 saturated carbocycles. The van der Waals surface area contributed by atoms with Crippen LogP contribution < -0.4 is 4.74 Å². The van der Waals surface area contributed by atoms with E-state index in [9.17, 15) is 8.78 Å². The zero-order valence-corrected chi connectivity index (χ0v) is 5.64. The number of halogens is 2. The van der Waals surface area contributed by atoms with E-state index in [4.69, 9.17) is 5.11 Å². The number of methoxy groups -OCH3 is 1. The Balaban J connectivity index is 3.24. The van der Waals surface area contributed by atoms with Crippen LogP contribution in [0.25, 0.3) is 0 Å². The molecule has 0 bridgehead atoms. The van der Waals surface area contributed by atoms with Crippen LogP contribution in [-0.2, 0) is 0 Å². The molecule has 0 spiro atoms. The molecular weight excluding hydrogens is 156 g/mol. The minimum atomic E-state index is -1.28. The first-order valence-corrected chi connectivity index (χ1v) is 2.74. The number of nitrogens with zero attached hydrogens (tertiary/aromatic N) is 1. The summed E-state index contributed by atoms with van der Waals surface area (Å²) >= 11 is 0. The van der Waals surface area contributed by atoms with Crippen molar-refractivity contribution in [3.05, 3.63) is 18.0 Å². The average molecular weight is 161 g/mol. The zero-order chi connectivity index (χ0) is 8.43. The summed E-state index contributed by atoms with van der Waals surface area (Å²) in [7, 11) is 1.19. The van der Waals surface area contributed by atoms with Gasteiger partial charge in [-0.05, 0) is 0 Å². The first kappa shape index (κ1) is 7.71. The lowest BCUT2D eigenvalue weighted by molar-refractivity contribution is 0.341. The van der Waals surface area contributed by atoms with Crippen molar-refractivity contribution < 1.29 is 18.6 Å². The van der Waals surface area contributed by atoms with Gasteiger partial charge in [-0.3, -0.25) is 0 Å². The fraction of sp³-hybridized carbons (Fsp3) is 0.167. The van der Waals surface area contributed by atoms with Crippen LogP contribution in [0.5, 0.6) is 11.5 Å². The van der Waals surface area contributed by atoms with Crippen LogP contribution in [-0.4, -0.2) is 17.2 Å². The van der Waals surface area contributed by atoms with Crippen LogP contribution >= 0.6 is 0 Å². The number of aromatic nitrogens is 1. The Morgan fingerprint density at radius 1 is 1.55 bits per heavy atom.